The largest absolute Gasteiger partial charge is 0.368 e. The van der Waals surface area contributed by atoms with E-state index in [1.807, 2.05) is 0 Å². The van der Waals surface area contributed by atoms with E-state index in [0.29, 0.717) is 11.6 Å². The highest BCUT2D eigenvalue weighted by Gasteiger charge is 2.15. The number of hydrogen-bond donors (Lipinski definition) is 2. The Kier molecular flexibility index (Phi) is 2.67. The van der Waals surface area contributed by atoms with Crippen LogP contribution in [0.3, 0.4) is 0 Å². The average Bonchev–Trinajstić information content (AvgIpc) is 2.60. The predicted octanol–water partition coefficient (Wildman–Crippen LogP) is 1.82. The number of aromatic nitrogens is 4. The van der Waals surface area contributed by atoms with Crippen LogP contribution in [-0.2, 0) is 6.42 Å². The summed E-state index contributed by atoms with van der Waals surface area (Å²) in [5.74, 6) is 0.310. The van der Waals surface area contributed by atoms with E-state index in [2.05, 4.69) is 39.6 Å². The molecule has 0 radical (unpaired) electrons. The Balaban J connectivity index is 2.32. The monoisotopic (exact) mass is 235 g/mol. The molecule has 2 rings (SSSR count). The van der Waals surface area contributed by atoms with Gasteiger partial charge in [-0.15, -0.1) is 0 Å². The van der Waals surface area contributed by atoms with E-state index < -0.39 is 8.07 Å². The van der Waals surface area contributed by atoms with Crippen LogP contribution in [0.15, 0.2) is 6.33 Å². The van der Waals surface area contributed by atoms with Gasteiger partial charge in [-0.2, -0.15) is 4.98 Å². The van der Waals surface area contributed by atoms with Crippen LogP contribution < -0.4 is 5.73 Å². The molecule has 0 amide bonds. The van der Waals surface area contributed by atoms with Gasteiger partial charge >= 0.3 is 0 Å². The van der Waals surface area contributed by atoms with Crippen molar-refractivity contribution in [3.8, 4) is 0 Å². The van der Waals surface area contributed by atoms with E-state index in [4.69, 9.17) is 5.73 Å². The quantitative estimate of drug-likeness (QED) is 0.795. The molecular formula is C10H17N5Si. The smallest absolute Gasteiger partial charge is 0.222 e. The van der Waals surface area contributed by atoms with Crippen LogP contribution in [0.5, 0.6) is 0 Å². The molecule has 0 aliphatic carbocycles. The van der Waals surface area contributed by atoms with Crippen molar-refractivity contribution in [3.63, 3.8) is 0 Å². The number of anilines is 1. The van der Waals surface area contributed by atoms with Crippen molar-refractivity contribution in [2.24, 2.45) is 0 Å². The van der Waals surface area contributed by atoms with Crippen LogP contribution in [0.4, 0.5) is 5.95 Å². The zero-order chi connectivity index (χ0) is 11.8. The lowest BCUT2D eigenvalue weighted by atomic mass is 10.3. The van der Waals surface area contributed by atoms with Gasteiger partial charge in [0.25, 0.3) is 0 Å². The second-order valence-electron chi connectivity index (χ2n) is 5.19. The third-order valence-corrected chi connectivity index (χ3v) is 4.24. The van der Waals surface area contributed by atoms with E-state index in [0.717, 1.165) is 17.6 Å². The Hall–Kier alpha value is -1.43. The van der Waals surface area contributed by atoms with Crippen molar-refractivity contribution < 1.29 is 0 Å². The number of fused-ring (bicyclic) bond motifs is 1. The first-order chi connectivity index (χ1) is 7.46. The van der Waals surface area contributed by atoms with Crippen LogP contribution in [0.2, 0.25) is 25.7 Å². The third-order valence-electron chi connectivity index (χ3n) is 2.49. The fraction of sp³-hybridized carbons (Fsp3) is 0.500. The first-order valence-electron chi connectivity index (χ1n) is 5.41. The van der Waals surface area contributed by atoms with Crippen LogP contribution in [0.1, 0.15) is 5.69 Å². The van der Waals surface area contributed by atoms with Gasteiger partial charge in [0, 0.05) is 8.07 Å². The number of nitrogen functional groups attached to an aromatic ring is 1. The number of aryl methyl sites for hydroxylation is 1. The van der Waals surface area contributed by atoms with Gasteiger partial charge in [0.15, 0.2) is 5.65 Å². The summed E-state index contributed by atoms with van der Waals surface area (Å²) in [6.45, 7) is 7.05. The maximum atomic E-state index is 5.66. The second kappa shape index (κ2) is 3.86. The van der Waals surface area contributed by atoms with Gasteiger partial charge < -0.3 is 10.7 Å². The molecule has 16 heavy (non-hydrogen) atoms. The summed E-state index contributed by atoms with van der Waals surface area (Å²) in [6.07, 6.45) is 2.58. The summed E-state index contributed by atoms with van der Waals surface area (Å²) in [5, 5.41) is 0. The molecule has 6 heteroatoms. The lowest BCUT2D eigenvalue weighted by Crippen LogP contribution is -2.20. The fourth-order valence-electron chi connectivity index (χ4n) is 1.59. The minimum atomic E-state index is -1.06. The lowest BCUT2D eigenvalue weighted by molar-refractivity contribution is 1.01. The van der Waals surface area contributed by atoms with Gasteiger partial charge in [0.1, 0.15) is 5.52 Å². The minimum absolute atomic E-state index is 0.310. The summed E-state index contributed by atoms with van der Waals surface area (Å²) in [6, 6.07) is 1.19. The fourth-order valence-corrected chi connectivity index (χ4v) is 2.57. The first-order valence-corrected chi connectivity index (χ1v) is 9.12. The standard InChI is InChI=1S/C10H17N5Si/c1-16(2,3)5-4-7-8-9(13-6-12-8)15-10(11)14-7/h6H,4-5H2,1-3H3,(H3,11,12,13,14,15). The number of aromatic amines is 1. The van der Waals surface area contributed by atoms with E-state index >= 15 is 0 Å². The summed E-state index contributed by atoms with van der Waals surface area (Å²) in [5.41, 5.74) is 8.24. The number of H-pyrrole nitrogens is 1. The predicted molar refractivity (Wildman–Crippen MR) is 68.0 cm³/mol. The van der Waals surface area contributed by atoms with Crippen LogP contribution >= 0.6 is 0 Å². The SMILES string of the molecule is C[Si](C)(C)CCc1nc(N)nc2nc[nH]c12. The first kappa shape index (κ1) is 11.1. The van der Waals surface area contributed by atoms with Crippen molar-refractivity contribution in [2.75, 3.05) is 5.73 Å². The van der Waals surface area contributed by atoms with E-state index in [9.17, 15) is 0 Å². The molecule has 3 N–H and O–H groups in total. The summed E-state index contributed by atoms with van der Waals surface area (Å²) in [4.78, 5) is 15.6. The highest BCUT2D eigenvalue weighted by molar-refractivity contribution is 6.76. The zero-order valence-electron chi connectivity index (χ0n) is 9.91. The average molecular weight is 235 g/mol. The van der Waals surface area contributed by atoms with Gasteiger partial charge in [-0.25, -0.2) is 9.97 Å². The maximum absolute atomic E-state index is 5.66. The lowest BCUT2D eigenvalue weighted by Gasteiger charge is -2.15. The molecule has 86 valence electrons. The molecule has 0 saturated heterocycles. The summed E-state index contributed by atoms with van der Waals surface area (Å²) >= 11 is 0. The topological polar surface area (TPSA) is 80.5 Å². The molecule has 2 heterocycles. The molecule has 0 saturated carbocycles. The zero-order valence-corrected chi connectivity index (χ0v) is 10.9. The number of nitrogens with two attached hydrogens (primary N) is 1. The molecule has 2 aromatic rings. The Bertz CT molecular complexity index is 499. The number of imidazole rings is 1. The van der Waals surface area contributed by atoms with Crippen molar-refractivity contribution in [1.29, 1.82) is 0 Å². The Labute approximate surface area is 95.5 Å². The number of hydrogen-bond acceptors (Lipinski definition) is 4. The molecule has 0 aliphatic rings. The van der Waals surface area contributed by atoms with Crippen molar-refractivity contribution in [3.05, 3.63) is 12.0 Å². The molecule has 0 spiro atoms. The minimum Gasteiger partial charge on any atom is -0.368 e. The molecule has 0 aromatic carbocycles. The van der Waals surface area contributed by atoms with Gasteiger partial charge in [-0.1, -0.05) is 25.7 Å². The molecule has 2 aromatic heterocycles. The maximum Gasteiger partial charge on any atom is 0.222 e. The Morgan fingerprint density at radius 3 is 2.75 bits per heavy atom. The third kappa shape index (κ3) is 2.38. The highest BCUT2D eigenvalue weighted by Crippen LogP contribution is 2.18. The molecule has 0 bridgehead atoms. The van der Waals surface area contributed by atoms with E-state index in [1.54, 1.807) is 6.33 Å². The van der Waals surface area contributed by atoms with Crippen molar-refractivity contribution in [1.82, 2.24) is 19.9 Å². The van der Waals surface area contributed by atoms with Crippen LogP contribution in [0.25, 0.3) is 11.2 Å². The molecule has 0 fully saturated rings. The second-order valence-corrected chi connectivity index (χ2v) is 10.8. The highest BCUT2D eigenvalue weighted by atomic mass is 28.3. The molecular weight excluding hydrogens is 218 g/mol. The van der Waals surface area contributed by atoms with Crippen LogP contribution in [-0.4, -0.2) is 28.0 Å². The summed E-state index contributed by atoms with van der Waals surface area (Å²) in [7, 11) is -1.06. The number of nitrogens with zero attached hydrogens (tertiary/aromatic N) is 3. The van der Waals surface area contributed by atoms with Crippen LogP contribution in [0, 0.1) is 0 Å². The van der Waals surface area contributed by atoms with Gasteiger partial charge in [-0.05, 0) is 6.42 Å². The number of nitrogens with one attached hydrogen (secondary N) is 1. The molecule has 0 aliphatic heterocycles. The van der Waals surface area contributed by atoms with E-state index in [1.165, 1.54) is 6.04 Å². The van der Waals surface area contributed by atoms with Gasteiger partial charge in [0.2, 0.25) is 5.95 Å². The summed E-state index contributed by atoms with van der Waals surface area (Å²) < 4.78 is 0. The molecule has 5 nitrogen and oxygen atoms in total. The Morgan fingerprint density at radius 2 is 2.06 bits per heavy atom. The molecule has 0 atom stereocenters. The number of rotatable bonds is 3. The van der Waals surface area contributed by atoms with Crippen molar-refractivity contribution >= 4 is 25.2 Å². The van der Waals surface area contributed by atoms with Gasteiger partial charge in [0.05, 0.1) is 12.0 Å². The normalized spacial score (nSPS) is 12.2. The van der Waals surface area contributed by atoms with Crippen molar-refractivity contribution in [2.45, 2.75) is 32.1 Å². The van der Waals surface area contributed by atoms with E-state index in [-0.39, 0.29) is 0 Å². The van der Waals surface area contributed by atoms with Gasteiger partial charge in [-0.3, -0.25) is 0 Å². The molecule has 0 unspecified atom stereocenters. The Morgan fingerprint density at radius 1 is 1.31 bits per heavy atom.